The summed E-state index contributed by atoms with van der Waals surface area (Å²) in [6, 6.07) is 12.3. The van der Waals surface area contributed by atoms with Crippen molar-refractivity contribution in [2.75, 3.05) is 22.4 Å². The van der Waals surface area contributed by atoms with Gasteiger partial charge in [-0.2, -0.15) is 0 Å². The average molecular weight is 489 g/mol. The maximum Gasteiger partial charge on any atom is 0.264 e. The van der Waals surface area contributed by atoms with Crippen molar-refractivity contribution in [3.63, 3.8) is 0 Å². The molecule has 1 heterocycles. The molecule has 0 aliphatic carbocycles. The largest absolute Gasteiger partial charge is 0.299 e. The second-order valence-corrected chi connectivity index (χ2v) is 10.2. The molecule has 0 spiro atoms. The molecule has 0 unspecified atom stereocenters. The molecule has 1 amide bonds. The molecule has 2 aromatic carbocycles. The summed E-state index contributed by atoms with van der Waals surface area (Å²) >= 11 is 14.9. The standard InChI is InChI=1S/C17H14Cl2N4O3S3/c1-27-17-22-21-16(28-17)20-14(24)10-23(13-9-5-8-12(18)15(13)19)29(25,26)11-6-3-2-4-7-11/h2-9H,10H2,1H3,(H,20,21,24). The zero-order chi connectivity index (χ0) is 21.0. The summed E-state index contributed by atoms with van der Waals surface area (Å²) in [5.41, 5.74) is 0.0974. The van der Waals surface area contributed by atoms with Crippen molar-refractivity contribution in [1.29, 1.82) is 0 Å². The number of anilines is 2. The van der Waals surface area contributed by atoms with Crippen LogP contribution in [0.1, 0.15) is 0 Å². The number of nitrogens with one attached hydrogen (secondary N) is 1. The van der Waals surface area contributed by atoms with Gasteiger partial charge in [-0.05, 0) is 30.5 Å². The fraction of sp³-hybridized carbons (Fsp3) is 0.118. The van der Waals surface area contributed by atoms with Crippen LogP contribution in [0.3, 0.4) is 0 Å². The van der Waals surface area contributed by atoms with Gasteiger partial charge in [-0.25, -0.2) is 8.42 Å². The van der Waals surface area contributed by atoms with E-state index >= 15 is 0 Å². The molecule has 1 aromatic heterocycles. The molecular weight excluding hydrogens is 475 g/mol. The fourth-order valence-corrected chi connectivity index (χ4v) is 5.42. The third-order valence-corrected chi connectivity index (χ3v) is 8.04. The number of amides is 1. The average Bonchev–Trinajstić information content (AvgIpc) is 3.16. The van der Waals surface area contributed by atoms with Crippen LogP contribution in [0.2, 0.25) is 10.0 Å². The topological polar surface area (TPSA) is 92.3 Å². The molecule has 0 saturated heterocycles. The van der Waals surface area contributed by atoms with E-state index in [1.54, 1.807) is 24.3 Å². The van der Waals surface area contributed by atoms with Gasteiger partial charge in [0.15, 0.2) is 4.34 Å². The molecule has 152 valence electrons. The first kappa shape index (κ1) is 21.8. The van der Waals surface area contributed by atoms with Gasteiger partial charge in [0.1, 0.15) is 6.54 Å². The Labute approximate surface area is 186 Å². The van der Waals surface area contributed by atoms with Gasteiger partial charge in [-0.1, -0.05) is 70.6 Å². The molecule has 12 heteroatoms. The van der Waals surface area contributed by atoms with Crippen molar-refractivity contribution in [2.45, 2.75) is 9.24 Å². The van der Waals surface area contributed by atoms with Crippen molar-refractivity contribution in [1.82, 2.24) is 10.2 Å². The number of hydrogen-bond donors (Lipinski definition) is 1. The van der Waals surface area contributed by atoms with E-state index in [1.165, 1.54) is 47.4 Å². The summed E-state index contributed by atoms with van der Waals surface area (Å²) < 4.78 is 28.1. The number of benzene rings is 2. The Morgan fingerprint density at radius 3 is 2.52 bits per heavy atom. The van der Waals surface area contributed by atoms with Crippen LogP contribution >= 0.6 is 46.3 Å². The number of sulfonamides is 1. The maximum atomic E-state index is 13.3. The summed E-state index contributed by atoms with van der Waals surface area (Å²) in [5.74, 6) is -0.593. The minimum Gasteiger partial charge on any atom is -0.299 e. The molecule has 0 bridgehead atoms. The first-order valence-corrected chi connectivity index (χ1v) is 12.3. The molecule has 3 aromatic rings. The van der Waals surface area contributed by atoms with E-state index < -0.39 is 22.5 Å². The fourth-order valence-electron chi connectivity index (χ4n) is 2.34. The molecule has 0 fully saturated rings. The van der Waals surface area contributed by atoms with E-state index in [0.29, 0.717) is 4.34 Å². The number of hydrogen-bond acceptors (Lipinski definition) is 7. The highest BCUT2D eigenvalue weighted by Gasteiger charge is 2.29. The second kappa shape index (κ2) is 9.31. The van der Waals surface area contributed by atoms with Gasteiger partial charge >= 0.3 is 0 Å². The molecule has 0 atom stereocenters. The Morgan fingerprint density at radius 2 is 1.86 bits per heavy atom. The lowest BCUT2D eigenvalue weighted by molar-refractivity contribution is -0.114. The van der Waals surface area contributed by atoms with Crippen LogP contribution in [0.25, 0.3) is 0 Å². The van der Waals surface area contributed by atoms with Crippen LogP contribution in [0.15, 0.2) is 57.8 Å². The van der Waals surface area contributed by atoms with Gasteiger partial charge in [0, 0.05) is 0 Å². The zero-order valence-electron chi connectivity index (χ0n) is 14.9. The van der Waals surface area contributed by atoms with E-state index in [4.69, 9.17) is 23.2 Å². The van der Waals surface area contributed by atoms with Gasteiger partial charge in [0.2, 0.25) is 11.0 Å². The van der Waals surface area contributed by atoms with Crippen molar-refractivity contribution in [2.24, 2.45) is 0 Å². The van der Waals surface area contributed by atoms with Crippen LogP contribution in [0.4, 0.5) is 10.8 Å². The maximum absolute atomic E-state index is 13.3. The number of aromatic nitrogens is 2. The summed E-state index contributed by atoms with van der Waals surface area (Å²) in [6.45, 7) is -0.522. The number of nitrogens with zero attached hydrogens (tertiary/aromatic N) is 3. The van der Waals surface area contributed by atoms with Gasteiger partial charge in [-0.3, -0.25) is 14.4 Å². The molecule has 29 heavy (non-hydrogen) atoms. The molecule has 1 N–H and O–H groups in total. The minimum atomic E-state index is -4.09. The predicted octanol–water partition coefficient (Wildman–Crippen LogP) is 4.40. The Morgan fingerprint density at radius 1 is 1.14 bits per heavy atom. The van der Waals surface area contributed by atoms with Crippen LogP contribution in [0, 0.1) is 0 Å². The summed E-state index contributed by atoms with van der Waals surface area (Å²) in [5, 5.41) is 10.8. The predicted molar refractivity (Wildman–Crippen MR) is 118 cm³/mol. The molecular formula is C17H14Cl2N4O3S3. The second-order valence-electron chi connectivity index (χ2n) is 5.52. The number of halogens is 2. The van der Waals surface area contributed by atoms with Gasteiger partial charge < -0.3 is 0 Å². The first-order chi connectivity index (χ1) is 13.8. The molecule has 0 aliphatic heterocycles. The summed E-state index contributed by atoms with van der Waals surface area (Å²) in [4.78, 5) is 12.6. The number of thioether (sulfide) groups is 1. The summed E-state index contributed by atoms with van der Waals surface area (Å²) in [6.07, 6.45) is 1.83. The lowest BCUT2D eigenvalue weighted by Crippen LogP contribution is -2.38. The number of carbonyl (C=O) groups excluding carboxylic acids is 1. The van der Waals surface area contributed by atoms with E-state index in [-0.39, 0.29) is 25.8 Å². The van der Waals surface area contributed by atoms with Crippen molar-refractivity contribution < 1.29 is 13.2 Å². The lowest BCUT2D eigenvalue weighted by atomic mass is 10.3. The molecule has 0 aliphatic rings. The van der Waals surface area contributed by atoms with Crippen molar-refractivity contribution in [3.8, 4) is 0 Å². The van der Waals surface area contributed by atoms with Crippen LogP contribution in [0.5, 0.6) is 0 Å². The Hall–Kier alpha value is -1.85. The van der Waals surface area contributed by atoms with Crippen LogP contribution in [-0.4, -0.2) is 37.3 Å². The van der Waals surface area contributed by atoms with Crippen molar-refractivity contribution in [3.05, 3.63) is 58.6 Å². The molecule has 7 nitrogen and oxygen atoms in total. The molecule has 0 saturated carbocycles. The number of rotatable bonds is 7. The quantitative estimate of drug-likeness (QED) is 0.391. The summed E-state index contributed by atoms with van der Waals surface area (Å²) in [7, 11) is -4.09. The monoisotopic (exact) mass is 488 g/mol. The van der Waals surface area contributed by atoms with Gasteiger partial charge in [0.05, 0.1) is 20.6 Å². The highest BCUT2D eigenvalue weighted by atomic mass is 35.5. The van der Waals surface area contributed by atoms with Crippen LogP contribution < -0.4 is 9.62 Å². The highest BCUT2D eigenvalue weighted by molar-refractivity contribution is 8.00. The minimum absolute atomic E-state index is 0.0180. The number of carbonyl (C=O) groups is 1. The SMILES string of the molecule is CSc1nnc(NC(=O)CN(c2cccc(Cl)c2Cl)S(=O)(=O)c2ccccc2)s1. The Bertz CT molecular complexity index is 1120. The van der Waals surface area contributed by atoms with Gasteiger partial charge in [0.25, 0.3) is 10.0 Å². The lowest BCUT2D eigenvalue weighted by Gasteiger charge is -2.25. The van der Waals surface area contributed by atoms with E-state index in [9.17, 15) is 13.2 Å². The smallest absolute Gasteiger partial charge is 0.264 e. The van der Waals surface area contributed by atoms with Crippen LogP contribution in [-0.2, 0) is 14.8 Å². The highest BCUT2D eigenvalue weighted by Crippen LogP contribution is 2.35. The Kier molecular flexibility index (Phi) is 7.01. The molecule has 3 rings (SSSR count). The third kappa shape index (κ3) is 5.01. The first-order valence-electron chi connectivity index (χ1n) is 8.02. The Balaban J connectivity index is 1.97. The third-order valence-electron chi connectivity index (χ3n) is 3.65. The van der Waals surface area contributed by atoms with E-state index in [0.717, 1.165) is 4.31 Å². The van der Waals surface area contributed by atoms with Gasteiger partial charge in [-0.15, -0.1) is 10.2 Å². The van der Waals surface area contributed by atoms with Crippen molar-refractivity contribution >= 4 is 73.0 Å². The molecule has 0 radical (unpaired) electrons. The zero-order valence-corrected chi connectivity index (χ0v) is 18.8. The van der Waals surface area contributed by atoms with E-state index in [2.05, 4.69) is 15.5 Å². The normalized spacial score (nSPS) is 11.3. The van der Waals surface area contributed by atoms with E-state index in [1.807, 2.05) is 6.26 Å².